The maximum atomic E-state index is 14.1. The quantitative estimate of drug-likeness (QED) is 0.153. The van der Waals surface area contributed by atoms with Crippen molar-refractivity contribution in [1.82, 2.24) is 0 Å². The third-order valence-corrected chi connectivity index (χ3v) is 12.7. The fourth-order valence-electron chi connectivity index (χ4n) is 9.87. The average molecular weight is 777 g/mol. The van der Waals surface area contributed by atoms with Gasteiger partial charge in [0.2, 0.25) is 0 Å². The lowest BCUT2D eigenvalue weighted by atomic mass is 9.84. The van der Waals surface area contributed by atoms with Crippen LogP contribution in [0.5, 0.6) is 0 Å². The Hall–Kier alpha value is -7.87. The lowest BCUT2D eigenvalue weighted by molar-refractivity contribution is 0.628. The first-order valence-corrected chi connectivity index (χ1v) is 20.9. The molecular formula is C60H37F. The summed E-state index contributed by atoms with van der Waals surface area (Å²) in [4.78, 5) is 0. The van der Waals surface area contributed by atoms with Gasteiger partial charge >= 0.3 is 0 Å². The highest BCUT2D eigenvalue weighted by molar-refractivity contribution is 6.23. The molecule has 0 spiro atoms. The van der Waals surface area contributed by atoms with Crippen LogP contribution in [0.4, 0.5) is 4.39 Å². The summed E-state index contributed by atoms with van der Waals surface area (Å²) in [5.74, 6) is -0.232. The van der Waals surface area contributed by atoms with E-state index < -0.39 is 0 Å². The number of hydrogen-bond acceptors (Lipinski definition) is 0. The Balaban J connectivity index is 1.07. The van der Waals surface area contributed by atoms with Gasteiger partial charge in [-0.25, -0.2) is 4.39 Å². The molecule has 0 bridgehead atoms. The minimum Gasteiger partial charge on any atom is -0.207 e. The third-order valence-electron chi connectivity index (χ3n) is 12.7. The van der Waals surface area contributed by atoms with E-state index in [9.17, 15) is 4.39 Å². The molecule has 12 rings (SSSR count). The maximum Gasteiger partial charge on any atom is 0.123 e. The summed E-state index contributed by atoms with van der Waals surface area (Å²) in [6, 6.07) is 80.2. The van der Waals surface area contributed by atoms with Crippen molar-refractivity contribution in [2.75, 3.05) is 0 Å². The van der Waals surface area contributed by atoms with E-state index in [0.717, 1.165) is 33.0 Å². The van der Waals surface area contributed by atoms with Crippen LogP contribution < -0.4 is 0 Å². The van der Waals surface area contributed by atoms with Crippen LogP contribution in [0.3, 0.4) is 0 Å². The second kappa shape index (κ2) is 14.2. The average Bonchev–Trinajstić information content (AvgIpc) is 3.32. The first-order chi connectivity index (χ1) is 30.2. The van der Waals surface area contributed by atoms with Gasteiger partial charge in [-0.2, -0.15) is 0 Å². The fourth-order valence-corrected chi connectivity index (χ4v) is 9.87. The molecule has 61 heavy (non-hydrogen) atoms. The molecule has 0 heterocycles. The second-order valence-electron chi connectivity index (χ2n) is 16.1. The topological polar surface area (TPSA) is 0 Å². The summed E-state index contributed by atoms with van der Waals surface area (Å²) in [5.41, 5.74) is 11.7. The highest BCUT2D eigenvalue weighted by Crippen LogP contribution is 2.47. The first kappa shape index (κ1) is 35.1. The highest BCUT2D eigenvalue weighted by atomic mass is 19.1. The van der Waals surface area contributed by atoms with E-state index in [2.05, 4.69) is 200 Å². The highest BCUT2D eigenvalue weighted by Gasteiger charge is 2.20. The summed E-state index contributed by atoms with van der Waals surface area (Å²) < 4.78 is 14.1. The largest absolute Gasteiger partial charge is 0.207 e. The first-order valence-electron chi connectivity index (χ1n) is 20.9. The van der Waals surface area contributed by atoms with Crippen molar-refractivity contribution in [1.29, 1.82) is 0 Å². The predicted octanol–water partition coefficient (Wildman–Crippen LogP) is 17.1. The smallest absolute Gasteiger partial charge is 0.123 e. The third kappa shape index (κ3) is 5.81. The van der Waals surface area contributed by atoms with E-state index >= 15 is 0 Å². The van der Waals surface area contributed by atoms with Gasteiger partial charge in [-0.15, -0.1) is 0 Å². The zero-order valence-corrected chi connectivity index (χ0v) is 33.2. The van der Waals surface area contributed by atoms with Gasteiger partial charge in [-0.1, -0.05) is 194 Å². The molecule has 0 fully saturated rings. The molecule has 0 aliphatic carbocycles. The van der Waals surface area contributed by atoms with Crippen molar-refractivity contribution in [3.05, 3.63) is 230 Å². The predicted molar refractivity (Wildman–Crippen MR) is 259 cm³/mol. The van der Waals surface area contributed by atoms with E-state index in [1.54, 1.807) is 12.1 Å². The van der Waals surface area contributed by atoms with Gasteiger partial charge in [0.1, 0.15) is 5.82 Å². The molecule has 12 aromatic carbocycles. The molecule has 0 N–H and O–H groups in total. The molecule has 12 aromatic rings. The summed E-state index contributed by atoms with van der Waals surface area (Å²) in [7, 11) is 0. The zero-order chi connectivity index (χ0) is 40.4. The molecule has 0 nitrogen and oxygen atoms in total. The standard InChI is InChI=1S/C60H37F/c61-48-32-29-42(30-33-48)58-51-17-7-5-15-49(51)57(50-16-6-8-18-52(50)58)41-25-21-40(22-26-41)45-31-34-55-56(37-45)60(47-28-24-39-12-2-4-14-44(39)36-47)54-20-10-9-19-53(54)59(55)46-27-23-38-11-1-3-13-43(38)35-46/h1-37H. The summed E-state index contributed by atoms with van der Waals surface area (Å²) in [6.45, 7) is 0. The van der Waals surface area contributed by atoms with Gasteiger partial charge < -0.3 is 0 Å². The number of fused-ring (bicyclic) bond motifs is 6. The normalized spacial score (nSPS) is 11.7. The lowest BCUT2D eigenvalue weighted by Gasteiger charge is -2.19. The van der Waals surface area contributed by atoms with Crippen LogP contribution in [0.25, 0.3) is 120 Å². The molecule has 0 saturated carbocycles. The monoisotopic (exact) mass is 776 g/mol. The SMILES string of the molecule is Fc1ccc(-c2c3ccccc3c(-c3ccc(-c4ccc5c(-c6ccc7ccccc7c6)c6ccccc6c(-c6ccc7ccccc7c6)c5c4)cc3)c3ccccc23)cc1. The fraction of sp³-hybridized carbons (Fsp3) is 0. The number of hydrogen-bond donors (Lipinski definition) is 0. The van der Waals surface area contributed by atoms with Gasteiger partial charge in [0.15, 0.2) is 0 Å². The lowest BCUT2D eigenvalue weighted by Crippen LogP contribution is -1.92. The van der Waals surface area contributed by atoms with Crippen LogP contribution in [0, 0.1) is 5.82 Å². The van der Waals surface area contributed by atoms with Crippen molar-refractivity contribution >= 4 is 64.6 Å². The summed E-state index contributed by atoms with van der Waals surface area (Å²) in [5, 5.41) is 14.5. The Morgan fingerprint density at radius 2 is 0.508 bits per heavy atom. The van der Waals surface area contributed by atoms with Crippen molar-refractivity contribution in [2.24, 2.45) is 0 Å². The van der Waals surface area contributed by atoms with Gasteiger partial charge in [0.05, 0.1) is 0 Å². The van der Waals surface area contributed by atoms with E-state index in [-0.39, 0.29) is 5.82 Å². The van der Waals surface area contributed by atoms with Crippen LogP contribution in [-0.4, -0.2) is 0 Å². The molecule has 284 valence electrons. The Kier molecular flexibility index (Phi) is 8.15. The van der Waals surface area contributed by atoms with Crippen LogP contribution in [0.1, 0.15) is 0 Å². The number of benzene rings is 12. The number of rotatable bonds is 5. The maximum absolute atomic E-state index is 14.1. The van der Waals surface area contributed by atoms with Crippen molar-refractivity contribution in [3.63, 3.8) is 0 Å². The van der Waals surface area contributed by atoms with Gasteiger partial charge in [0, 0.05) is 0 Å². The Morgan fingerprint density at radius 1 is 0.197 bits per heavy atom. The van der Waals surface area contributed by atoms with Crippen molar-refractivity contribution in [3.8, 4) is 55.6 Å². The Bertz CT molecular complexity index is 3630. The minimum atomic E-state index is -0.232. The Morgan fingerprint density at radius 3 is 0.967 bits per heavy atom. The molecule has 0 amide bonds. The Labute approximate surface area is 353 Å². The molecule has 0 aliphatic rings. The molecule has 0 atom stereocenters. The van der Waals surface area contributed by atoms with Gasteiger partial charge in [0.25, 0.3) is 0 Å². The summed E-state index contributed by atoms with van der Waals surface area (Å²) >= 11 is 0. The van der Waals surface area contributed by atoms with Gasteiger partial charge in [-0.05, 0) is 151 Å². The van der Waals surface area contributed by atoms with Crippen molar-refractivity contribution in [2.45, 2.75) is 0 Å². The van der Waals surface area contributed by atoms with E-state index in [0.29, 0.717) is 0 Å². The summed E-state index contributed by atoms with van der Waals surface area (Å²) in [6.07, 6.45) is 0. The number of halogens is 1. The zero-order valence-electron chi connectivity index (χ0n) is 33.2. The molecule has 1 heteroatoms. The molecular weight excluding hydrogens is 740 g/mol. The second-order valence-corrected chi connectivity index (χ2v) is 16.1. The van der Waals surface area contributed by atoms with Gasteiger partial charge in [-0.3, -0.25) is 0 Å². The molecule has 0 aliphatic heterocycles. The molecule has 0 aromatic heterocycles. The van der Waals surface area contributed by atoms with E-state index in [4.69, 9.17) is 0 Å². The molecule has 0 radical (unpaired) electrons. The van der Waals surface area contributed by atoms with E-state index in [1.165, 1.54) is 87.2 Å². The van der Waals surface area contributed by atoms with Crippen LogP contribution in [0.2, 0.25) is 0 Å². The van der Waals surface area contributed by atoms with Crippen LogP contribution >= 0.6 is 0 Å². The van der Waals surface area contributed by atoms with Crippen LogP contribution in [-0.2, 0) is 0 Å². The van der Waals surface area contributed by atoms with Crippen LogP contribution in [0.15, 0.2) is 224 Å². The molecule has 0 unspecified atom stereocenters. The van der Waals surface area contributed by atoms with Crippen molar-refractivity contribution < 1.29 is 4.39 Å². The molecule has 0 saturated heterocycles. The van der Waals surface area contributed by atoms with E-state index in [1.807, 2.05) is 12.1 Å². The minimum absolute atomic E-state index is 0.232.